The molecule has 0 fully saturated rings. The number of anilines is 1. The molecule has 1 amide bonds. The van der Waals surface area contributed by atoms with Gasteiger partial charge in [-0.2, -0.15) is 0 Å². The van der Waals surface area contributed by atoms with Gasteiger partial charge >= 0.3 is 11.9 Å². The van der Waals surface area contributed by atoms with Crippen molar-refractivity contribution < 1.29 is 28.3 Å². The summed E-state index contributed by atoms with van der Waals surface area (Å²) in [5.41, 5.74) is 1.47. The van der Waals surface area contributed by atoms with Gasteiger partial charge in [-0.3, -0.25) is 14.5 Å². The van der Waals surface area contributed by atoms with Crippen LogP contribution in [-0.4, -0.2) is 51.4 Å². The number of carbonyl (C=O) groups excluding carboxylic acids is 3. The fourth-order valence-corrected chi connectivity index (χ4v) is 4.50. The van der Waals surface area contributed by atoms with Gasteiger partial charge in [0.15, 0.2) is 10.8 Å². The molecule has 3 heterocycles. The third kappa shape index (κ3) is 4.99. The molecule has 4 aromatic rings. The molecule has 0 aliphatic carbocycles. The van der Waals surface area contributed by atoms with Gasteiger partial charge in [0.05, 0.1) is 18.7 Å². The van der Waals surface area contributed by atoms with Crippen molar-refractivity contribution in [2.75, 3.05) is 24.3 Å². The summed E-state index contributed by atoms with van der Waals surface area (Å²) in [6.07, 6.45) is 0.0983. The number of carbonyl (C=O) groups is 3. The average Bonchev–Trinajstić information content (AvgIpc) is 3.40. The summed E-state index contributed by atoms with van der Waals surface area (Å²) >= 11 is 1.38. The number of rotatable bonds is 9. The monoisotopic (exact) mass is 496 g/mol. The lowest BCUT2D eigenvalue weighted by Crippen LogP contribution is -2.17. The van der Waals surface area contributed by atoms with Crippen molar-refractivity contribution in [3.05, 3.63) is 53.3 Å². The molecule has 1 aromatic carbocycles. The maximum Gasteiger partial charge on any atom is 0.344 e. The second-order valence-corrected chi connectivity index (χ2v) is 8.46. The summed E-state index contributed by atoms with van der Waals surface area (Å²) in [5, 5.41) is 12.8. The maximum absolute atomic E-state index is 12.7. The smallest absolute Gasteiger partial charge is 0.344 e. The number of fused-ring (bicyclic) bond motifs is 3. The van der Waals surface area contributed by atoms with Crippen LogP contribution in [0.1, 0.15) is 46.7 Å². The highest BCUT2D eigenvalue weighted by Gasteiger charge is 2.31. The van der Waals surface area contributed by atoms with Crippen molar-refractivity contribution >= 4 is 52.0 Å². The molecule has 0 saturated carbocycles. The van der Waals surface area contributed by atoms with Crippen LogP contribution in [0.25, 0.3) is 16.6 Å². The van der Waals surface area contributed by atoms with E-state index in [1.807, 2.05) is 40.8 Å². The second-order valence-electron chi connectivity index (χ2n) is 7.39. The standard InChI is InChI=1S/C24H24N4O6S/c1-4-32-22(30)19-14(3)34-21(20(19)23(31)33-5-2)25-18(29)12-13-35-24-27-26-17-11-10-15-8-6-7-9-16(15)28(17)24/h6-11H,4-5,12-13H2,1-3H3,(H,25,29). The van der Waals surface area contributed by atoms with Crippen LogP contribution >= 0.6 is 11.8 Å². The van der Waals surface area contributed by atoms with Crippen molar-refractivity contribution in [2.45, 2.75) is 32.3 Å². The van der Waals surface area contributed by atoms with E-state index in [4.69, 9.17) is 13.9 Å². The number of ether oxygens (including phenoxy) is 2. The SMILES string of the molecule is CCOC(=O)c1c(C)oc(NC(=O)CCSc2nnc3ccc4ccccc4n23)c1C(=O)OCC. The molecule has 0 saturated heterocycles. The van der Waals surface area contributed by atoms with Gasteiger partial charge < -0.3 is 13.9 Å². The van der Waals surface area contributed by atoms with Crippen LogP contribution in [0.2, 0.25) is 0 Å². The zero-order valence-corrected chi connectivity index (χ0v) is 20.3. The zero-order valence-electron chi connectivity index (χ0n) is 19.5. The highest BCUT2D eigenvalue weighted by atomic mass is 32.2. The van der Waals surface area contributed by atoms with Crippen molar-refractivity contribution in [3.8, 4) is 0 Å². The van der Waals surface area contributed by atoms with E-state index in [-0.39, 0.29) is 42.4 Å². The molecule has 0 aliphatic rings. The summed E-state index contributed by atoms with van der Waals surface area (Å²) in [6.45, 7) is 5.02. The lowest BCUT2D eigenvalue weighted by Gasteiger charge is -2.07. The highest BCUT2D eigenvalue weighted by molar-refractivity contribution is 7.99. The average molecular weight is 497 g/mol. The number of furan rings is 1. The third-order valence-electron chi connectivity index (χ3n) is 5.10. The molecule has 0 spiro atoms. The van der Waals surface area contributed by atoms with Crippen molar-refractivity contribution in [2.24, 2.45) is 0 Å². The predicted octanol–water partition coefficient (Wildman–Crippen LogP) is 4.26. The number of amides is 1. The number of hydrogen-bond donors (Lipinski definition) is 1. The first-order valence-electron chi connectivity index (χ1n) is 11.1. The number of pyridine rings is 1. The lowest BCUT2D eigenvalue weighted by molar-refractivity contribution is -0.115. The van der Waals surface area contributed by atoms with Crippen molar-refractivity contribution in [3.63, 3.8) is 0 Å². The van der Waals surface area contributed by atoms with Crippen LogP contribution in [0.5, 0.6) is 0 Å². The van der Waals surface area contributed by atoms with Crippen LogP contribution in [-0.2, 0) is 14.3 Å². The summed E-state index contributed by atoms with van der Waals surface area (Å²) in [4.78, 5) is 37.6. The zero-order chi connectivity index (χ0) is 24.9. The molecule has 1 N–H and O–H groups in total. The van der Waals surface area contributed by atoms with Gasteiger partial charge in [-0.25, -0.2) is 9.59 Å². The van der Waals surface area contributed by atoms with E-state index in [0.717, 1.165) is 10.9 Å². The first-order valence-corrected chi connectivity index (χ1v) is 12.1. The lowest BCUT2D eigenvalue weighted by atomic mass is 10.1. The Kier molecular flexibility index (Phi) is 7.35. The molecule has 0 aliphatic heterocycles. The topological polar surface area (TPSA) is 125 Å². The fourth-order valence-electron chi connectivity index (χ4n) is 3.61. The number of nitrogens with one attached hydrogen (secondary N) is 1. The van der Waals surface area contributed by atoms with Crippen molar-refractivity contribution in [1.82, 2.24) is 14.6 Å². The molecule has 3 aromatic heterocycles. The predicted molar refractivity (Wildman–Crippen MR) is 130 cm³/mol. The first-order chi connectivity index (χ1) is 16.9. The molecule has 0 bridgehead atoms. The number of benzene rings is 1. The largest absolute Gasteiger partial charge is 0.462 e. The maximum atomic E-state index is 12.7. The minimum absolute atomic E-state index is 0.0585. The summed E-state index contributed by atoms with van der Waals surface area (Å²) in [7, 11) is 0. The summed E-state index contributed by atoms with van der Waals surface area (Å²) in [6, 6.07) is 11.8. The van der Waals surface area contributed by atoms with Crippen LogP contribution in [0, 0.1) is 6.92 Å². The molecular formula is C24H24N4O6S. The van der Waals surface area contributed by atoms with E-state index in [0.29, 0.717) is 16.6 Å². The van der Waals surface area contributed by atoms with Gasteiger partial charge in [0.2, 0.25) is 11.8 Å². The number of hydrogen-bond acceptors (Lipinski definition) is 9. The number of aromatic nitrogens is 3. The Bertz CT molecular complexity index is 1410. The van der Waals surface area contributed by atoms with Gasteiger partial charge in [0, 0.05) is 12.2 Å². The second kappa shape index (κ2) is 10.6. The van der Waals surface area contributed by atoms with Gasteiger partial charge in [-0.1, -0.05) is 30.0 Å². The van der Waals surface area contributed by atoms with E-state index >= 15 is 0 Å². The number of thioether (sulfide) groups is 1. The van der Waals surface area contributed by atoms with Gasteiger partial charge in [0.1, 0.15) is 16.9 Å². The molecule has 0 atom stereocenters. The molecule has 0 radical (unpaired) electrons. The Balaban J connectivity index is 1.48. The van der Waals surface area contributed by atoms with Gasteiger partial charge in [0.25, 0.3) is 0 Å². The number of nitrogens with zero attached hydrogens (tertiary/aromatic N) is 3. The van der Waals surface area contributed by atoms with Gasteiger partial charge in [-0.05, 0) is 44.4 Å². The Morgan fingerprint density at radius 1 is 1.00 bits per heavy atom. The molecule has 4 rings (SSSR count). The van der Waals surface area contributed by atoms with Crippen LogP contribution < -0.4 is 5.32 Å². The van der Waals surface area contributed by atoms with Crippen molar-refractivity contribution in [1.29, 1.82) is 0 Å². The molecule has 10 nitrogen and oxygen atoms in total. The molecule has 11 heteroatoms. The van der Waals surface area contributed by atoms with E-state index in [2.05, 4.69) is 15.5 Å². The van der Waals surface area contributed by atoms with E-state index < -0.39 is 17.8 Å². The minimum atomic E-state index is -0.779. The van der Waals surface area contributed by atoms with E-state index in [9.17, 15) is 14.4 Å². The number of para-hydroxylation sites is 1. The summed E-state index contributed by atoms with van der Waals surface area (Å²) in [5.74, 6) is -1.49. The highest BCUT2D eigenvalue weighted by Crippen LogP contribution is 2.29. The summed E-state index contributed by atoms with van der Waals surface area (Å²) < 4.78 is 17.6. The Hall–Kier alpha value is -3.86. The Labute approximate surface area is 205 Å². The fraction of sp³-hybridized carbons (Fsp3) is 0.292. The number of esters is 2. The number of aryl methyl sites for hydroxylation is 1. The van der Waals surface area contributed by atoms with E-state index in [1.54, 1.807) is 13.8 Å². The van der Waals surface area contributed by atoms with Crippen LogP contribution in [0.3, 0.4) is 0 Å². The Morgan fingerprint density at radius 3 is 2.46 bits per heavy atom. The van der Waals surface area contributed by atoms with Crippen LogP contribution in [0.4, 0.5) is 5.88 Å². The molecule has 0 unspecified atom stereocenters. The Morgan fingerprint density at radius 2 is 1.71 bits per heavy atom. The first kappa shape index (κ1) is 24.3. The molecular weight excluding hydrogens is 472 g/mol. The van der Waals surface area contributed by atoms with Crippen LogP contribution in [0.15, 0.2) is 46.0 Å². The molecule has 182 valence electrons. The van der Waals surface area contributed by atoms with Gasteiger partial charge in [-0.15, -0.1) is 10.2 Å². The minimum Gasteiger partial charge on any atom is -0.462 e. The normalized spacial score (nSPS) is 11.1. The van der Waals surface area contributed by atoms with E-state index in [1.165, 1.54) is 18.7 Å². The third-order valence-corrected chi connectivity index (χ3v) is 6.04. The molecule has 35 heavy (non-hydrogen) atoms. The quantitative estimate of drug-likeness (QED) is 0.267.